The number of piperidine rings is 1. The van der Waals surface area contributed by atoms with Crippen molar-refractivity contribution >= 4 is 5.69 Å². The maximum absolute atomic E-state index is 9.15. The van der Waals surface area contributed by atoms with Gasteiger partial charge in [0, 0.05) is 24.9 Å². The van der Waals surface area contributed by atoms with E-state index in [1.165, 1.54) is 18.5 Å². The van der Waals surface area contributed by atoms with Gasteiger partial charge in [-0.3, -0.25) is 0 Å². The molecule has 0 bridgehead atoms. The minimum Gasteiger partial charge on any atom is -0.396 e. The molecule has 0 spiro atoms. The number of benzene rings is 1. The molecule has 1 aromatic rings. The van der Waals surface area contributed by atoms with Crippen molar-refractivity contribution in [2.24, 2.45) is 0 Å². The van der Waals surface area contributed by atoms with Gasteiger partial charge in [-0.15, -0.1) is 0 Å². The smallest absolute Gasteiger partial charge is 0.0994 e. The summed E-state index contributed by atoms with van der Waals surface area (Å²) in [6.45, 7) is 3.28. The molecule has 1 saturated heterocycles. The number of nitrogens with zero attached hydrogens (tertiary/aromatic N) is 2. The lowest BCUT2D eigenvalue weighted by molar-refractivity contribution is 0.262. The van der Waals surface area contributed by atoms with Gasteiger partial charge in [0.15, 0.2) is 0 Å². The Morgan fingerprint density at radius 3 is 2.94 bits per heavy atom. The third-order valence-corrected chi connectivity index (χ3v) is 3.75. The van der Waals surface area contributed by atoms with E-state index in [9.17, 15) is 0 Å². The SMILES string of the molecule is Cc1cc(N2CCCCC2CCO)ccc1C#N. The van der Waals surface area contributed by atoms with Gasteiger partial charge >= 0.3 is 0 Å². The van der Waals surface area contributed by atoms with Crippen molar-refractivity contribution in [1.82, 2.24) is 0 Å². The second-order valence-electron chi connectivity index (χ2n) is 4.97. The van der Waals surface area contributed by atoms with E-state index < -0.39 is 0 Å². The molecule has 1 unspecified atom stereocenters. The van der Waals surface area contributed by atoms with Gasteiger partial charge in [-0.1, -0.05) is 0 Å². The molecule has 1 atom stereocenters. The quantitative estimate of drug-likeness (QED) is 0.889. The number of hydrogen-bond acceptors (Lipinski definition) is 3. The number of hydrogen-bond donors (Lipinski definition) is 1. The van der Waals surface area contributed by atoms with Gasteiger partial charge in [0.1, 0.15) is 0 Å². The first-order valence-electron chi connectivity index (χ1n) is 6.64. The van der Waals surface area contributed by atoms with Crippen LogP contribution < -0.4 is 4.90 Å². The second kappa shape index (κ2) is 5.88. The van der Waals surface area contributed by atoms with Gasteiger partial charge in [-0.05, 0) is 56.4 Å². The number of anilines is 1. The van der Waals surface area contributed by atoms with Gasteiger partial charge in [-0.25, -0.2) is 0 Å². The van der Waals surface area contributed by atoms with Crippen LogP contribution in [0.5, 0.6) is 0 Å². The molecule has 0 amide bonds. The molecule has 0 radical (unpaired) electrons. The summed E-state index contributed by atoms with van der Waals surface area (Å²) >= 11 is 0. The maximum atomic E-state index is 9.15. The fourth-order valence-corrected chi connectivity index (χ4v) is 2.74. The average molecular weight is 244 g/mol. The largest absolute Gasteiger partial charge is 0.396 e. The molecule has 2 rings (SSSR count). The van der Waals surface area contributed by atoms with E-state index in [0.29, 0.717) is 6.04 Å². The van der Waals surface area contributed by atoms with Crippen LogP contribution in [0.3, 0.4) is 0 Å². The highest BCUT2D eigenvalue weighted by atomic mass is 16.3. The second-order valence-corrected chi connectivity index (χ2v) is 4.97. The molecular formula is C15H20N2O. The van der Waals surface area contributed by atoms with Gasteiger partial charge in [0.2, 0.25) is 0 Å². The van der Waals surface area contributed by atoms with E-state index in [4.69, 9.17) is 10.4 Å². The Labute approximate surface area is 109 Å². The van der Waals surface area contributed by atoms with Crippen LogP contribution in [0.2, 0.25) is 0 Å². The van der Waals surface area contributed by atoms with Crippen LogP contribution in [0.4, 0.5) is 5.69 Å². The molecule has 0 aromatic heterocycles. The van der Waals surface area contributed by atoms with Crippen LogP contribution in [0, 0.1) is 18.3 Å². The Hall–Kier alpha value is -1.53. The molecular weight excluding hydrogens is 224 g/mol. The first kappa shape index (κ1) is 12.9. The normalized spacial score (nSPS) is 19.6. The van der Waals surface area contributed by atoms with Crippen molar-refractivity contribution in [2.45, 2.75) is 38.6 Å². The highest BCUT2D eigenvalue weighted by Gasteiger charge is 2.22. The third kappa shape index (κ3) is 2.65. The molecule has 18 heavy (non-hydrogen) atoms. The summed E-state index contributed by atoms with van der Waals surface area (Å²) in [6.07, 6.45) is 4.44. The van der Waals surface area contributed by atoms with Crippen LogP contribution in [-0.4, -0.2) is 24.3 Å². The predicted molar refractivity (Wildman–Crippen MR) is 72.6 cm³/mol. The molecule has 1 aliphatic rings. The molecule has 1 aliphatic heterocycles. The van der Waals surface area contributed by atoms with Crippen LogP contribution in [0.1, 0.15) is 36.8 Å². The summed E-state index contributed by atoms with van der Waals surface area (Å²) in [5, 5.41) is 18.1. The lowest BCUT2D eigenvalue weighted by atomic mass is 9.98. The summed E-state index contributed by atoms with van der Waals surface area (Å²) in [6, 6.07) is 8.66. The Balaban J connectivity index is 2.23. The summed E-state index contributed by atoms with van der Waals surface area (Å²) in [5.74, 6) is 0. The summed E-state index contributed by atoms with van der Waals surface area (Å²) in [5.41, 5.74) is 2.96. The molecule has 96 valence electrons. The monoisotopic (exact) mass is 244 g/mol. The molecule has 1 N–H and O–H groups in total. The topological polar surface area (TPSA) is 47.3 Å². The van der Waals surface area contributed by atoms with E-state index in [2.05, 4.69) is 17.0 Å². The van der Waals surface area contributed by atoms with E-state index in [1.807, 2.05) is 19.1 Å². The Kier molecular flexibility index (Phi) is 4.22. The Morgan fingerprint density at radius 2 is 2.28 bits per heavy atom. The van der Waals surface area contributed by atoms with Crippen molar-refractivity contribution in [3.63, 3.8) is 0 Å². The first-order valence-corrected chi connectivity index (χ1v) is 6.64. The fraction of sp³-hybridized carbons (Fsp3) is 0.533. The number of aliphatic hydroxyl groups excluding tert-OH is 1. The van der Waals surface area contributed by atoms with Crippen molar-refractivity contribution in [2.75, 3.05) is 18.1 Å². The third-order valence-electron chi connectivity index (χ3n) is 3.75. The number of nitriles is 1. The highest BCUT2D eigenvalue weighted by Crippen LogP contribution is 2.27. The first-order chi connectivity index (χ1) is 8.76. The van der Waals surface area contributed by atoms with Crippen LogP contribution >= 0.6 is 0 Å². The average Bonchev–Trinajstić information content (AvgIpc) is 2.40. The lowest BCUT2D eigenvalue weighted by Crippen LogP contribution is -2.40. The van der Waals surface area contributed by atoms with Gasteiger partial charge in [0.05, 0.1) is 11.6 Å². The molecule has 0 aliphatic carbocycles. The van der Waals surface area contributed by atoms with Crippen molar-refractivity contribution < 1.29 is 5.11 Å². The molecule has 1 fully saturated rings. The maximum Gasteiger partial charge on any atom is 0.0994 e. The Bertz CT molecular complexity index is 448. The van der Waals surface area contributed by atoms with Crippen molar-refractivity contribution in [3.05, 3.63) is 29.3 Å². The number of aliphatic hydroxyl groups is 1. The lowest BCUT2D eigenvalue weighted by Gasteiger charge is -2.37. The van der Waals surface area contributed by atoms with Crippen molar-refractivity contribution in [1.29, 1.82) is 5.26 Å². The predicted octanol–water partition coefficient (Wildman–Crippen LogP) is 2.61. The van der Waals surface area contributed by atoms with Crippen LogP contribution in [0.25, 0.3) is 0 Å². The zero-order valence-corrected chi connectivity index (χ0v) is 10.9. The summed E-state index contributed by atoms with van der Waals surface area (Å²) in [7, 11) is 0. The van der Waals surface area contributed by atoms with Gasteiger partial charge in [0.25, 0.3) is 0 Å². The van der Waals surface area contributed by atoms with Crippen molar-refractivity contribution in [3.8, 4) is 6.07 Å². The van der Waals surface area contributed by atoms with E-state index in [1.54, 1.807) is 0 Å². The number of rotatable bonds is 3. The van der Waals surface area contributed by atoms with Crippen LogP contribution in [0.15, 0.2) is 18.2 Å². The van der Waals surface area contributed by atoms with Gasteiger partial charge < -0.3 is 10.0 Å². The molecule has 3 nitrogen and oxygen atoms in total. The number of aryl methyl sites for hydroxylation is 1. The Morgan fingerprint density at radius 1 is 1.44 bits per heavy atom. The highest BCUT2D eigenvalue weighted by molar-refractivity contribution is 5.54. The standard InChI is InChI=1S/C15H20N2O/c1-12-10-15(6-5-13(12)11-16)17-8-3-2-4-14(17)7-9-18/h5-6,10,14,18H,2-4,7-9H2,1H3. The van der Waals surface area contributed by atoms with E-state index in [-0.39, 0.29) is 6.61 Å². The van der Waals surface area contributed by atoms with Crippen LogP contribution in [-0.2, 0) is 0 Å². The van der Waals surface area contributed by atoms with E-state index >= 15 is 0 Å². The molecule has 0 saturated carbocycles. The zero-order chi connectivity index (χ0) is 13.0. The van der Waals surface area contributed by atoms with Gasteiger partial charge in [-0.2, -0.15) is 5.26 Å². The van der Waals surface area contributed by atoms with E-state index in [0.717, 1.165) is 30.5 Å². The molecule has 3 heteroatoms. The zero-order valence-electron chi connectivity index (χ0n) is 10.9. The summed E-state index contributed by atoms with van der Waals surface area (Å²) < 4.78 is 0. The summed E-state index contributed by atoms with van der Waals surface area (Å²) in [4.78, 5) is 2.38. The minimum absolute atomic E-state index is 0.246. The molecule has 1 heterocycles. The fourth-order valence-electron chi connectivity index (χ4n) is 2.74. The minimum atomic E-state index is 0.246. The molecule has 1 aromatic carbocycles.